The average molecular weight is 463 g/mol. The second-order valence-corrected chi connectivity index (χ2v) is 8.20. The molecule has 1 aliphatic heterocycles. The van der Waals surface area contributed by atoms with E-state index in [4.69, 9.17) is 16.3 Å². The van der Waals surface area contributed by atoms with Gasteiger partial charge in [0.15, 0.2) is 0 Å². The fourth-order valence-electron chi connectivity index (χ4n) is 4.06. The van der Waals surface area contributed by atoms with Crippen molar-refractivity contribution in [2.24, 2.45) is 0 Å². The summed E-state index contributed by atoms with van der Waals surface area (Å²) in [5.41, 5.74) is 3.02. The highest BCUT2D eigenvalue weighted by atomic mass is 35.5. The van der Waals surface area contributed by atoms with Gasteiger partial charge < -0.3 is 9.84 Å². The Bertz CT molecular complexity index is 1270. The molecule has 1 saturated heterocycles. The average Bonchev–Trinajstić information content (AvgIpc) is 3.06. The number of carbonyl (C=O) groups excluding carboxylic acids is 2. The van der Waals surface area contributed by atoms with E-state index in [2.05, 4.69) is 4.98 Å². The summed E-state index contributed by atoms with van der Waals surface area (Å²) in [6.45, 7) is 6.09. The van der Waals surface area contributed by atoms with Gasteiger partial charge in [0, 0.05) is 17.4 Å². The summed E-state index contributed by atoms with van der Waals surface area (Å²) >= 11 is 6.37. The van der Waals surface area contributed by atoms with Gasteiger partial charge in [-0.15, -0.1) is 0 Å². The number of aromatic nitrogens is 1. The molecule has 0 saturated carbocycles. The zero-order chi connectivity index (χ0) is 23.7. The number of nitrogens with zero attached hydrogens (tertiary/aromatic N) is 2. The van der Waals surface area contributed by atoms with E-state index >= 15 is 0 Å². The Morgan fingerprint density at radius 2 is 1.91 bits per heavy atom. The molecule has 1 atom stereocenters. The van der Waals surface area contributed by atoms with Gasteiger partial charge in [0.05, 0.1) is 22.9 Å². The van der Waals surface area contributed by atoms with Crippen molar-refractivity contribution < 1.29 is 19.4 Å². The van der Waals surface area contributed by atoms with Gasteiger partial charge in [-0.2, -0.15) is 0 Å². The summed E-state index contributed by atoms with van der Waals surface area (Å²) in [5.74, 6) is -1.43. The predicted octanol–water partition coefficient (Wildman–Crippen LogP) is 5.38. The van der Waals surface area contributed by atoms with Crippen molar-refractivity contribution in [2.75, 3.05) is 11.5 Å². The van der Waals surface area contributed by atoms with Crippen LogP contribution >= 0.6 is 11.6 Å². The van der Waals surface area contributed by atoms with Crippen LogP contribution in [0.4, 0.5) is 5.69 Å². The minimum absolute atomic E-state index is 0.0748. The van der Waals surface area contributed by atoms with E-state index in [0.29, 0.717) is 23.7 Å². The molecule has 2 heterocycles. The van der Waals surface area contributed by atoms with Gasteiger partial charge in [-0.1, -0.05) is 35.4 Å². The van der Waals surface area contributed by atoms with Crippen molar-refractivity contribution in [1.82, 2.24) is 4.98 Å². The van der Waals surface area contributed by atoms with E-state index in [9.17, 15) is 14.7 Å². The number of carbonyl (C=O) groups is 2. The molecule has 33 heavy (non-hydrogen) atoms. The van der Waals surface area contributed by atoms with Crippen LogP contribution in [-0.4, -0.2) is 28.4 Å². The Morgan fingerprint density at radius 1 is 1.12 bits per heavy atom. The number of amides is 1. The lowest BCUT2D eigenvalue weighted by Crippen LogP contribution is -2.30. The number of ketones is 1. The quantitative estimate of drug-likeness (QED) is 0.313. The van der Waals surface area contributed by atoms with Crippen molar-refractivity contribution in [3.05, 3.63) is 93.8 Å². The molecule has 0 spiro atoms. The first kappa shape index (κ1) is 22.6. The number of pyridine rings is 1. The van der Waals surface area contributed by atoms with E-state index in [1.54, 1.807) is 48.7 Å². The fourth-order valence-corrected chi connectivity index (χ4v) is 4.27. The lowest BCUT2D eigenvalue weighted by molar-refractivity contribution is -0.132. The SMILES string of the molecule is CCOc1ccc(Cl)c(/C(O)=C2\C(=O)C(=O)N(c3ccc(C)cc3C)C2c2ccccn2)c1. The zero-order valence-corrected chi connectivity index (χ0v) is 19.3. The highest BCUT2D eigenvalue weighted by Crippen LogP contribution is 2.43. The lowest BCUT2D eigenvalue weighted by atomic mass is 9.97. The maximum atomic E-state index is 13.3. The second-order valence-electron chi connectivity index (χ2n) is 7.79. The first-order valence-corrected chi connectivity index (χ1v) is 10.9. The van der Waals surface area contributed by atoms with Crippen molar-refractivity contribution >= 4 is 34.7 Å². The van der Waals surface area contributed by atoms with Gasteiger partial charge in [0.2, 0.25) is 0 Å². The Morgan fingerprint density at radius 3 is 2.58 bits per heavy atom. The Labute approximate surface area is 197 Å². The lowest BCUT2D eigenvalue weighted by Gasteiger charge is -2.26. The Kier molecular flexibility index (Phi) is 6.20. The number of aliphatic hydroxyl groups is 1. The molecule has 2 aromatic carbocycles. The number of benzene rings is 2. The first-order chi connectivity index (χ1) is 15.8. The van der Waals surface area contributed by atoms with E-state index in [0.717, 1.165) is 11.1 Å². The van der Waals surface area contributed by atoms with Crippen LogP contribution in [0.25, 0.3) is 5.76 Å². The van der Waals surface area contributed by atoms with E-state index in [1.807, 2.05) is 32.9 Å². The zero-order valence-electron chi connectivity index (χ0n) is 18.5. The third kappa shape index (κ3) is 4.10. The van der Waals surface area contributed by atoms with Crippen LogP contribution in [0.3, 0.4) is 0 Å². The summed E-state index contributed by atoms with van der Waals surface area (Å²) in [5, 5.41) is 11.5. The summed E-state index contributed by atoms with van der Waals surface area (Å²) < 4.78 is 5.52. The Hall–Kier alpha value is -3.64. The minimum atomic E-state index is -0.917. The molecule has 168 valence electrons. The molecule has 1 N–H and O–H groups in total. The number of halogens is 1. The van der Waals surface area contributed by atoms with Gasteiger partial charge >= 0.3 is 0 Å². The number of aryl methyl sites for hydroxylation is 2. The van der Waals surface area contributed by atoms with Crippen molar-refractivity contribution in [3.8, 4) is 5.75 Å². The Balaban J connectivity index is 1.96. The minimum Gasteiger partial charge on any atom is -0.507 e. The van der Waals surface area contributed by atoms with Crippen molar-refractivity contribution in [1.29, 1.82) is 0 Å². The van der Waals surface area contributed by atoms with E-state index in [1.165, 1.54) is 4.90 Å². The molecule has 1 aromatic heterocycles. The first-order valence-electron chi connectivity index (χ1n) is 10.6. The molecule has 0 bridgehead atoms. The number of anilines is 1. The molecule has 3 aromatic rings. The van der Waals surface area contributed by atoms with Gasteiger partial charge in [-0.3, -0.25) is 19.5 Å². The van der Waals surface area contributed by atoms with Crippen LogP contribution in [0.5, 0.6) is 5.75 Å². The molecule has 4 rings (SSSR count). The third-order valence-corrected chi connectivity index (χ3v) is 5.86. The molecule has 7 heteroatoms. The number of ether oxygens (including phenoxy) is 1. The van der Waals surface area contributed by atoms with E-state index < -0.39 is 17.7 Å². The van der Waals surface area contributed by atoms with Crippen molar-refractivity contribution in [3.63, 3.8) is 0 Å². The number of aliphatic hydroxyl groups excluding tert-OH is 1. The summed E-state index contributed by atoms with van der Waals surface area (Å²) in [6.07, 6.45) is 1.58. The highest BCUT2D eigenvalue weighted by Gasteiger charge is 2.48. The molecule has 6 nitrogen and oxygen atoms in total. The second kappa shape index (κ2) is 9.08. The van der Waals surface area contributed by atoms with E-state index in [-0.39, 0.29) is 21.9 Å². The van der Waals surface area contributed by atoms with Crippen LogP contribution in [0, 0.1) is 13.8 Å². The molecule has 1 unspecified atom stereocenters. The maximum absolute atomic E-state index is 13.3. The molecule has 1 amide bonds. The number of hydrogen-bond donors (Lipinski definition) is 1. The van der Waals surface area contributed by atoms with Crippen molar-refractivity contribution in [2.45, 2.75) is 26.8 Å². The van der Waals surface area contributed by atoms with Gasteiger partial charge in [-0.05, 0) is 62.7 Å². The number of hydrogen-bond acceptors (Lipinski definition) is 5. The van der Waals surface area contributed by atoms with Crippen LogP contribution in [-0.2, 0) is 9.59 Å². The van der Waals surface area contributed by atoms with Gasteiger partial charge in [0.1, 0.15) is 17.6 Å². The molecule has 1 fully saturated rings. The largest absolute Gasteiger partial charge is 0.507 e. The van der Waals surface area contributed by atoms with Crippen LogP contribution < -0.4 is 9.64 Å². The predicted molar refractivity (Wildman–Crippen MR) is 128 cm³/mol. The summed E-state index contributed by atoms with van der Waals surface area (Å²) in [7, 11) is 0. The monoisotopic (exact) mass is 462 g/mol. The van der Waals surface area contributed by atoms with Gasteiger partial charge in [0.25, 0.3) is 11.7 Å². The molecule has 0 radical (unpaired) electrons. The van der Waals surface area contributed by atoms with Gasteiger partial charge in [-0.25, -0.2) is 0 Å². The third-order valence-electron chi connectivity index (χ3n) is 5.53. The standard InChI is InChI=1S/C26H23ClN2O4/c1-4-33-17-9-10-19(27)18(14-17)24(30)22-23(20-7-5-6-12-28-20)29(26(32)25(22)31)21-11-8-15(2)13-16(21)3/h5-14,23,30H,4H2,1-3H3/b24-22+. The topological polar surface area (TPSA) is 79.7 Å². The molecule has 0 aliphatic carbocycles. The summed E-state index contributed by atoms with van der Waals surface area (Å²) in [6, 6.07) is 14.7. The highest BCUT2D eigenvalue weighted by molar-refractivity contribution is 6.52. The van der Waals surface area contributed by atoms with Crippen LogP contribution in [0.1, 0.15) is 35.3 Å². The van der Waals surface area contributed by atoms with Crippen LogP contribution in [0.15, 0.2) is 66.4 Å². The molecular formula is C26H23ClN2O4. The van der Waals surface area contributed by atoms with Crippen LogP contribution in [0.2, 0.25) is 5.02 Å². The molecular weight excluding hydrogens is 440 g/mol. The maximum Gasteiger partial charge on any atom is 0.300 e. The molecule has 1 aliphatic rings. The normalized spacial score (nSPS) is 17.5. The smallest absolute Gasteiger partial charge is 0.300 e. The number of Topliss-reactive ketones (excluding diaryl/α,β-unsaturated/α-hetero) is 1. The fraction of sp³-hybridized carbons (Fsp3) is 0.192. The summed E-state index contributed by atoms with van der Waals surface area (Å²) in [4.78, 5) is 32.3. The number of rotatable bonds is 5.